The van der Waals surface area contributed by atoms with E-state index in [0.29, 0.717) is 24.5 Å². The molecule has 0 aliphatic rings. The van der Waals surface area contributed by atoms with Crippen molar-refractivity contribution in [1.29, 1.82) is 0 Å². The fourth-order valence-corrected chi connectivity index (χ4v) is 4.21. The van der Waals surface area contributed by atoms with E-state index in [0.717, 1.165) is 16.7 Å². The molecule has 0 amide bonds. The van der Waals surface area contributed by atoms with Gasteiger partial charge in [0.25, 0.3) is 0 Å². The van der Waals surface area contributed by atoms with Gasteiger partial charge >= 0.3 is 0 Å². The topological polar surface area (TPSA) is 83.5 Å². The van der Waals surface area contributed by atoms with E-state index in [9.17, 15) is 9.90 Å². The predicted octanol–water partition coefficient (Wildman–Crippen LogP) is 6.39. The molecule has 0 saturated heterocycles. The normalized spacial score (nSPS) is 10.5. The average Bonchev–Trinajstić information content (AvgIpc) is 2.98. The maximum absolute atomic E-state index is 13.3. The van der Waals surface area contributed by atoms with Gasteiger partial charge in [-0.15, -0.1) is 0 Å². The molecule has 0 atom stereocenters. The van der Waals surface area contributed by atoms with Crippen molar-refractivity contribution in [3.8, 4) is 34.5 Å². The Hall–Kier alpha value is -4.65. The van der Waals surface area contributed by atoms with Crippen molar-refractivity contribution in [3.63, 3.8) is 0 Å². The third kappa shape index (κ3) is 6.82. The van der Waals surface area contributed by atoms with Crippen molar-refractivity contribution in [2.45, 2.75) is 26.1 Å². The third-order valence-electron chi connectivity index (χ3n) is 6.21. The maximum Gasteiger partial charge on any atom is 0.204 e. The van der Waals surface area contributed by atoms with Crippen LogP contribution in [0.2, 0.25) is 0 Å². The number of Topliss-reactive ketones (excluding diaryl/α,β-unsaturated/α-hetero) is 1. The van der Waals surface area contributed by atoms with Crippen molar-refractivity contribution in [1.82, 2.24) is 0 Å². The number of carbonyl (C=O) groups is 1. The van der Waals surface area contributed by atoms with Crippen molar-refractivity contribution < 1.29 is 33.6 Å². The van der Waals surface area contributed by atoms with E-state index >= 15 is 0 Å². The monoisotopic (exact) mass is 528 g/mol. The van der Waals surface area contributed by atoms with Gasteiger partial charge in [0.15, 0.2) is 28.8 Å². The van der Waals surface area contributed by atoms with E-state index in [2.05, 4.69) is 0 Å². The summed E-state index contributed by atoms with van der Waals surface area (Å²) in [5.41, 5.74) is 2.92. The van der Waals surface area contributed by atoms with Gasteiger partial charge in [-0.05, 0) is 35.2 Å². The first kappa shape index (κ1) is 27.4. The first-order valence-corrected chi connectivity index (χ1v) is 12.6. The van der Waals surface area contributed by atoms with Crippen molar-refractivity contribution in [2.75, 3.05) is 21.3 Å². The lowest BCUT2D eigenvalue weighted by atomic mass is 10.00. The number of ketones is 1. The highest BCUT2D eigenvalue weighted by Crippen LogP contribution is 2.45. The van der Waals surface area contributed by atoms with E-state index in [-0.39, 0.29) is 47.4 Å². The van der Waals surface area contributed by atoms with E-state index in [1.165, 1.54) is 20.3 Å². The number of phenolic OH excluding ortho intramolecular Hbond substituents is 1. The van der Waals surface area contributed by atoms with Gasteiger partial charge < -0.3 is 28.8 Å². The second-order valence-electron chi connectivity index (χ2n) is 8.79. The zero-order chi connectivity index (χ0) is 27.6. The van der Waals surface area contributed by atoms with Gasteiger partial charge in [-0.2, -0.15) is 0 Å². The van der Waals surface area contributed by atoms with Crippen LogP contribution in [0, 0.1) is 0 Å². The number of aryl methyl sites for hydroxylation is 1. The summed E-state index contributed by atoms with van der Waals surface area (Å²) < 4.78 is 28.4. The highest BCUT2D eigenvalue weighted by atomic mass is 16.5. The summed E-state index contributed by atoms with van der Waals surface area (Å²) in [6, 6.07) is 26.4. The summed E-state index contributed by atoms with van der Waals surface area (Å²) in [5.74, 6) is 1.33. The van der Waals surface area contributed by atoms with Gasteiger partial charge in [-0.1, -0.05) is 66.7 Å². The Morgan fingerprint density at radius 2 is 1.23 bits per heavy atom. The number of hydrogen-bond acceptors (Lipinski definition) is 7. The van der Waals surface area contributed by atoms with Gasteiger partial charge in [0.2, 0.25) is 5.75 Å². The second kappa shape index (κ2) is 13.2. The molecule has 39 heavy (non-hydrogen) atoms. The van der Waals surface area contributed by atoms with Crippen LogP contribution in [0.5, 0.6) is 34.5 Å². The van der Waals surface area contributed by atoms with E-state index < -0.39 is 0 Å². The molecule has 0 aliphatic heterocycles. The van der Waals surface area contributed by atoms with Crippen LogP contribution in [0.4, 0.5) is 0 Å². The molecule has 0 spiro atoms. The van der Waals surface area contributed by atoms with Crippen molar-refractivity contribution in [3.05, 3.63) is 107 Å². The summed E-state index contributed by atoms with van der Waals surface area (Å²) in [7, 11) is 4.48. The molecule has 202 valence electrons. The molecule has 0 heterocycles. The first-order valence-electron chi connectivity index (χ1n) is 12.6. The molecule has 0 bridgehead atoms. The van der Waals surface area contributed by atoms with Crippen LogP contribution in [-0.4, -0.2) is 32.2 Å². The van der Waals surface area contributed by atoms with E-state index in [4.69, 9.17) is 23.7 Å². The number of hydrogen-bond donors (Lipinski definition) is 1. The van der Waals surface area contributed by atoms with Crippen LogP contribution in [0.1, 0.15) is 33.5 Å². The zero-order valence-corrected chi connectivity index (χ0v) is 22.3. The smallest absolute Gasteiger partial charge is 0.204 e. The van der Waals surface area contributed by atoms with E-state index in [1.54, 1.807) is 7.11 Å². The lowest BCUT2D eigenvalue weighted by molar-refractivity contribution is 0.0976. The number of benzene rings is 4. The highest BCUT2D eigenvalue weighted by molar-refractivity contribution is 6.02. The molecule has 4 aromatic carbocycles. The molecule has 4 rings (SSSR count). The van der Waals surface area contributed by atoms with Gasteiger partial charge in [-0.3, -0.25) is 4.79 Å². The SMILES string of the molecule is COc1ccc(CCC(=O)c2c(O)cc(OCc3ccccc3)c(OC)c2OC)cc1OCc1ccccc1. The van der Waals surface area contributed by atoms with E-state index in [1.807, 2.05) is 78.9 Å². The van der Waals surface area contributed by atoms with Crippen LogP contribution in [-0.2, 0) is 19.6 Å². The van der Waals surface area contributed by atoms with Gasteiger partial charge in [-0.25, -0.2) is 0 Å². The highest BCUT2D eigenvalue weighted by Gasteiger charge is 2.25. The molecular weight excluding hydrogens is 496 g/mol. The van der Waals surface area contributed by atoms with Crippen LogP contribution in [0.3, 0.4) is 0 Å². The predicted molar refractivity (Wildman–Crippen MR) is 148 cm³/mol. The van der Waals surface area contributed by atoms with Gasteiger partial charge in [0.05, 0.1) is 21.3 Å². The van der Waals surface area contributed by atoms with Gasteiger partial charge in [0.1, 0.15) is 24.5 Å². The summed E-state index contributed by atoms with van der Waals surface area (Å²) in [6.45, 7) is 0.655. The molecule has 7 nitrogen and oxygen atoms in total. The zero-order valence-electron chi connectivity index (χ0n) is 22.3. The molecule has 1 N–H and O–H groups in total. The van der Waals surface area contributed by atoms with Crippen molar-refractivity contribution in [2.24, 2.45) is 0 Å². The standard InChI is InChI=1S/C32H32O7/c1-35-27-17-15-22(18-28(27)38-20-23-10-6-4-7-11-23)14-16-25(33)30-26(34)19-29(31(36-2)32(30)37-3)39-21-24-12-8-5-9-13-24/h4-13,15,17-19,34H,14,16,20-21H2,1-3H3. The largest absolute Gasteiger partial charge is 0.507 e. The van der Waals surface area contributed by atoms with Crippen LogP contribution >= 0.6 is 0 Å². The maximum atomic E-state index is 13.3. The summed E-state index contributed by atoms with van der Waals surface area (Å²) >= 11 is 0. The lowest BCUT2D eigenvalue weighted by Gasteiger charge is -2.18. The Morgan fingerprint density at radius 1 is 0.641 bits per heavy atom. The quantitative estimate of drug-likeness (QED) is 0.201. The number of rotatable bonds is 13. The summed E-state index contributed by atoms with van der Waals surface area (Å²) in [6.07, 6.45) is 0.545. The Balaban J connectivity index is 1.49. The first-order chi connectivity index (χ1) is 19.0. The fraction of sp³-hybridized carbons (Fsp3) is 0.219. The fourth-order valence-electron chi connectivity index (χ4n) is 4.21. The van der Waals surface area contributed by atoms with Crippen molar-refractivity contribution >= 4 is 5.78 Å². The molecule has 0 aliphatic carbocycles. The van der Waals surface area contributed by atoms with Crippen LogP contribution in [0.25, 0.3) is 0 Å². The number of aromatic hydroxyl groups is 1. The minimum absolute atomic E-state index is 0.0514. The summed E-state index contributed by atoms with van der Waals surface area (Å²) in [4.78, 5) is 13.3. The molecule has 0 saturated carbocycles. The number of phenols is 1. The molecule has 0 radical (unpaired) electrons. The summed E-state index contributed by atoms with van der Waals surface area (Å²) in [5, 5.41) is 10.8. The number of ether oxygens (including phenoxy) is 5. The molecule has 0 aromatic heterocycles. The minimum Gasteiger partial charge on any atom is -0.507 e. The van der Waals surface area contributed by atoms with Gasteiger partial charge in [0, 0.05) is 12.5 Å². The Bertz CT molecular complexity index is 1390. The third-order valence-corrected chi connectivity index (χ3v) is 6.21. The Kier molecular flexibility index (Phi) is 9.29. The molecule has 0 unspecified atom stereocenters. The molecule has 4 aromatic rings. The molecule has 0 fully saturated rings. The average molecular weight is 529 g/mol. The van der Waals surface area contributed by atoms with Crippen LogP contribution < -0.4 is 23.7 Å². The second-order valence-corrected chi connectivity index (χ2v) is 8.79. The Labute approximate surface area is 228 Å². The number of carbonyl (C=O) groups excluding carboxylic acids is 1. The molecule has 7 heteroatoms. The lowest BCUT2D eigenvalue weighted by Crippen LogP contribution is -2.08. The molecular formula is C32H32O7. The minimum atomic E-state index is -0.292. The number of methoxy groups -OCH3 is 3. The Morgan fingerprint density at radius 3 is 1.79 bits per heavy atom. The van der Waals surface area contributed by atoms with Crippen LogP contribution in [0.15, 0.2) is 84.9 Å².